The lowest BCUT2D eigenvalue weighted by atomic mass is 9.87. The van der Waals surface area contributed by atoms with Gasteiger partial charge >= 0.3 is 0 Å². The second kappa shape index (κ2) is 8.61. The van der Waals surface area contributed by atoms with Gasteiger partial charge in [-0.15, -0.1) is 0 Å². The molecule has 6 nitrogen and oxygen atoms in total. The van der Waals surface area contributed by atoms with Gasteiger partial charge in [-0.3, -0.25) is 14.4 Å². The predicted molar refractivity (Wildman–Crippen MR) is 105 cm³/mol. The Morgan fingerprint density at radius 3 is 2.45 bits per heavy atom. The lowest BCUT2D eigenvalue weighted by Crippen LogP contribution is -2.50. The standard InChI is InChI=1S/C22H27FN2O4/c23-16-8-10-17(11-9-16)25-20(26)13-19(22(25)28)24(14-18-7-4-12-29-18)21(27)15-5-2-1-3-6-15/h8-11,15,18-19H,1-7,12-14H2. The van der Waals surface area contributed by atoms with E-state index in [0.29, 0.717) is 18.8 Å². The highest BCUT2D eigenvalue weighted by Gasteiger charge is 2.46. The van der Waals surface area contributed by atoms with E-state index in [-0.39, 0.29) is 30.3 Å². The molecular formula is C22H27FN2O4. The molecule has 1 aromatic rings. The van der Waals surface area contributed by atoms with Gasteiger partial charge in [0, 0.05) is 19.1 Å². The summed E-state index contributed by atoms with van der Waals surface area (Å²) in [7, 11) is 0. The van der Waals surface area contributed by atoms with Crippen molar-refractivity contribution < 1.29 is 23.5 Å². The molecule has 7 heteroatoms. The maximum atomic E-state index is 13.4. The van der Waals surface area contributed by atoms with Gasteiger partial charge in [-0.1, -0.05) is 19.3 Å². The molecule has 3 fully saturated rings. The van der Waals surface area contributed by atoms with Gasteiger partial charge < -0.3 is 9.64 Å². The van der Waals surface area contributed by atoms with Crippen molar-refractivity contribution in [1.29, 1.82) is 0 Å². The molecule has 1 aliphatic carbocycles. The average Bonchev–Trinajstić information content (AvgIpc) is 3.35. The van der Waals surface area contributed by atoms with Crippen LogP contribution in [-0.2, 0) is 19.1 Å². The van der Waals surface area contributed by atoms with E-state index < -0.39 is 17.8 Å². The van der Waals surface area contributed by atoms with Crippen molar-refractivity contribution in [2.24, 2.45) is 5.92 Å². The minimum Gasteiger partial charge on any atom is -0.376 e. The summed E-state index contributed by atoms with van der Waals surface area (Å²) in [6.07, 6.45) is 6.49. The second-order valence-corrected chi connectivity index (χ2v) is 8.22. The number of imide groups is 1. The van der Waals surface area contributed by atoms with E-state index in [4.69, 9.17) is 4.74 Å². The summed E-state index contributed by atoms with van der Waals surface area (Å²) in [6, 6.07) is 4.47. The Labute approximate surface area is 170 Å². The third-order valence-electron chi connectivity index (χ3n) is 6.25. The van der Waals surface area contributed by atoms with Gasteiger partial charge in [0.05, 0.1) is 18.2 Å². The number of nitrogens with zero attached hydrogens (tertiary/aromatic N) is 2. The molecule has 2 saturated heterocycles. The Bertz CT molecular complexity index is 770. The van der Waals surface area contributed by atoms with Gasteiger partial charge in [0.15, 0.2) is 0 Å². The van der Waals surface area contributed by atoms with Gasteiger partial charge in [-0.25, -0.2) is 9.29 Å². The normalized spacial score (nSPS) is 25.6. The van der Waals surface area contributed by atoms with E-state index in [9.17, 15) is 18.8 Å². The molecule has 3 amide bonds. The third kappa shape index (κ3) is 4.20. The fourth-order valence-corrected chi connectivity index (χ4v) is 4.68. The van der Waals surface area contributed by atoms with Crippen molar-refractivity contribution in [3.05, 3.63) is 30.1 Å². The topological polar surface area (TPSA) is 66.9 Å². The molecule has 0 bridgehead atoms. The quantitative estimate of drug-likeness (QED) is 0.710. The molecule has 4 rings (SSSR count). The van der Waals surface area contributed by atoms with E-state index in [2.05, 4.69) is 0 Å². The molecular weight excluding hydrogens is 375 g/mol. The fourth-order valence-electron chi connectivity index (χ4n) is 4.68. The average molecular weight is 402 g/mol. The van der Waals surface area contributed by atoms with Crippen LogP contribution in [0.15, 0.2) is 24.3 Å². The first-order chi connectivity index (χ1) is 14.0. The molecule has 156 valence electrons. The number of halogens is 1. The molecule has 0 radical (unpaired) electrons. The minimum atomic E-state index is -0.814. The first-order valence-electron chi connectivity index (χ1n) is 10.6. The summed E-state index contributed by atoms with van der Waals surface area (Å²) >= 11 is 0. The van der Waals surface area contributed by atoms with Crippen molar-refractivity contribution in [2.75, 3.05) is 18.1 Å². The van der Waals surface area contributed by atoms with Crippen LogP contribution in [0.25, 0.3) is 0 Å². The van der Waals surface area contributed by atoms with E-state index in [1.54, 1.807) is 4.90 Å². The molecule has 1 aromatic carbocycles. The van der Waals surface area contributed by atoms with E-state index in [0.717, 1.165) is 49.8 Å². The number of carbonyl (C=O) groups is 3. The van der Waals surface area contributed by atoms with Crippen molar-refractivity contribution in [3.8, 4) is 0 Å². The minimum absolute atomic E-state index is 0.0349. The lowest BCUT2D eigenvalue weighted by molar-refractivity contribution is -0.144. The van der Waals surface area contributed by atoms with Crippen LogP contribution in [0.2, 0.25) is 0 Å². The molecule has 29 heavy (non-hydrogen) atoms. The van der Waals surface area contributed by atoms with Gasteiger partial charge in [0.2, 0.25) is 11.8 Å². The number of hydrogen-bond acceptors (Lipinski definition) is 4. The summed E-state index contributed by atoms with van der Waals surface area (Å²) in [4.78, 5) is 41.9. The lowest BCUT2D eigenvalue weighted by Gasteiger charge is -2.34. The molecule has 1 saturated carbocycles. The van der Waals surface area contributed by atoms with Crippen LogP contribution in [0.5, 0.6) is 0 Å². The number of benzene rings is 1. The van der Waals surface area contributed by atoms with Crippen molar-refractivity contribution in [1.82, 2.24) is 4.90 Å². The van der Waals surface area contributed by atoms with Crippen LogP contribution in [0.1, 0.15) is 51.4 Å². The van der Waals surface area contributed by atoms with E-state index >= 15 is 0 Å². The maximum absolute atomic E-state index is 13.4. The second-order valence-electron chi connectivity index (χ2n) is 8.22. The Morgan fingerprint density at radius 1 is 1.07 bits per heavy atom. The zero-order chi connectivity index (χ0) is 20.4. The molecule has 2 atom stereocenters. The Hall–Kier alpha value is -2.28. The molecule has 0 N–H and O–H groups in total. The molecule has 2 heterocycles. The van der Waals surface area contributed by atoms with Crippen molar-refractivity contribution in [3.63, 3.8) is 0 Å². The summed E-state index contributed by atoms with van der Waals surface area (Å²) in [5.74, 6) is -1.33. The number of rotatable bonds is 5. The van der Waals surface area contributed by atoms with Gasteiger partial charge in [-0.05, 0) is 49.9 Å². The van der Waals surface area contributed by atoms with E-state index in [1.807, 2.05) is 0 Å². The first kappa shape index (κ1) is 20.0. The fraction of sp³-hybridized carbons (Fsp3) is 0.591. The summed E-state index contributed by atoms with van der Waals surface area (Å²) < 4.78 is 19.0. The number of ether oxygens (including phenoxy) is 1. The predicted octanol–water partition coefficient (Wildman–Crippen LogP) is 3.05. The summed E-state index contributed by atoms with van der Waals surface area (Å²) in [6.45, 7) is 1.01. The van der Waals surface area contributed by atoms with E-state index in [1.165, 1.54) is 24.3 Å². The Morgan fingerprint density at radius 2 is 1.79 bits per heavy atom. The van der Waals surface area contributed by atoms with Crippen LogP contribution in [0.3, 0.4) is 0 Å². The van der Waals surface area contributed by atoms with Gasteiger partial charge in [0.1, 0.15) is 11.9 Å². The van der Waals surface area contributed by atoms with Crippen LogP contribution in [0, 0.1) is 11.7 Å². The van der Waals surface area contributed by atoms with Gasteiger partial charge in [0.25, 0.3) is 5.91 Å². The monoisotopic (exact) mass is 402 g/mol. The zero-order valence-electron chi connectivity index (χ0n) is 16.5. The van der Waals surface area contributed by atoms with Gasteiger partial charge in [-0.2, -0.15) is 0 Å². The largest absolute Gasteiger partial charge is 0.376 e. The SMILES string of the molecule is O=C1CC(N(CC2CCCO2)C(=O)C2CCCCC2)C(=O)N1c1ccc(F)cc1. The molecule has 3 aliphatic rings. The number of carbonyl (C=O) groups excluding carboxylic acids is 3. The third-order valence-corrected chi connectivity index (χ3v) is 6.25. The highest BCUT2D eigenvalue weighted by Crippen LogP contribution is 2.31. The molecule has 2 aliphatic heterocycles. The number of anilines is 1. The van der Waals surface area contributed by atoms with Crippen molar-refractivity contribution in [2.45, 2.75) is 63.5 Å². The highest BCUT2D eigenvalue weighted by molar-refractivity contribution is 6.23. The first-order valence-corrected chi connectivity index (χ1v) is 10.6. The number of amides is 3. The molecule has 0 aromatic heterocycles. The molecule has 0 spiro atoms. The Kier molecular flexibility index (Phi) is 5.94. The van der Waals surface area contributed by atoms with Crippen molar-refractivity contribution >= 4 is 23.4 Å². The number of hydrogen-bond donors (Lipinski definition) is 0. The van der Waals surface area contributed by atoms with Crippen LogP contribution < -0.4 is 4.90 Å². The smallest absolute Gasteiger partial charge is 0.257 e. The van der Waals surface area contributed by atoms with Crippen LogP contribution in [0.4, 0.5) is 10.1 Å². The Balaban J connectivity index is 1.57. The summed E-state index contributed by atoms with van der Waals surface area (Å²) in [5.41, 5.74) is 0.339. The van der Waals surface area contributed by atoms with Crippen LogP contribution in [-0.4, -0.2) is 47.9 Å². The zero-order valence-corrected chi connectivity index (χ0v) is 16.5. The summed E-state index contributed by atoms with van der Waals surface area (Å²) in [5, 5.41) is 0. The highest BCUT2D eigenvalue weighted by atomic mass is 19.1. The maximum Gasteiger partial charge on any atom is 0.257 e. The molecule has 2 unspecified atom stereocenters. The van der Waals surface area contributed by atoms with Crippen LogP contribution >= 0.6 is 0 Å².